The average Bonchev–Trinajstić information content (AvgIpc) is 2.90. The van der Waals surface area contributed by atoms with Crippen molar-refractivity contribution in [2.24, 2.45) is 0 Å². The summed E-state index contributed by atoms with van der Waals surface area (Å²) in [6.45, 7) is 5.97. The van der Waals surface area contributed by atoms with E-state index in [4.69, 9.17) is 48.1 Å². The molecule has 0 radical (unpaired) electrons. The number of aliphatic hydroxyl groups excluding tert-OH is 2. The summed E-state index contributed by atoms with van der Waals surface area (Å²) in [6, 6.07) is 12.0. The molecule has 0 fully saturated rings. The summed E-state index contributed by atoms with van der Waals surface area (Å²) >= 11 is 0. The molecule has 10 nitrogen and oxygen atoms in total. The fraction of sp³-hybridized carbons (Fsp3) is 0.615. The van der Waals surface area contributed by atoms with Crippen molar-refractivity contribution in [2.45, 2.75) is 0 Å². The summed E-state index contributed by atoms with van der Waals surface area (Å²) in [7, 11) is 0. The van der Waals surface area contributed by atoms with Gasteiger partial charge >= 0.3 is 0 Å². The second-order valence-electron chi connectivity index (χ2n) is 7.46. The second-order valence-corrected chi connectivity index (χ2v) is 7.46. The third-order valence-electron chi connectivity index (χ3n) is 4.74. The Hall–Kier alpha value is -2.02. The van der Waals surface area contributed by atoms with Crippen molar-refractivity contribution in [1.29, 1.82) is 0 Å². The molecular formula is C26H40O10. The summed E-state index contributed by atoms with van der Waals surface area (Å²) in [5.41, 5.74) is 0. The molecule has 0 bridgehead atoms. The van der Waals surface area contributed by atoms with Gasteiger partial charge in [-0.15, -0.1) is 0 Å². The largest absolute Gasteiger partial charge is 0.487 e. The van der Waals surface area contributed by atoms with Crippen LogP contribution in [0.15, 0.2) is 36.4 Å². The molecule has 0 unspecified atom stereocenters. The van der Waals surface area contributed by atoms with E-state index in [9.17, 15) is 0 Å². The molecule has 2 aromatic rings. The Kier molecular flexibility index (Phi) is 17.7. The summed E-state index contributed by atoms with van der Waals surface area (Å²) in [5, 5.41) is 19.4. The minimum Gasteiger partial charge on any atom is -0.487 e. The molecule has 0 aromatic heterocycles. The molecule has 0 amide bonds. The highest BCUT2D eigenvalue weighted by molar-refractivity contribution is 5.86. The van der Waals surface area contributed by atoms with Gasteiger partial charge < -0.3 is 48.1 Å². The summed E-state index contributed by atoms with van der Waals surface area (Å²) in [6.07, 6.45) is 0. The number of rotatable bonds is 24. The molecular weight excluding hydrogens is 472 g/mol. The van der Waals surface area contributed by atoms with E-state index in [1.54, 1.807) is 0 Å². The van der Waals surface area contributed by atoms with Crippen LogP contribution in [-0.2, 0) is 28.4 Å². The van der Waals surface area contributed by atoms with Gasteiger partial charge in [-0.2, -0.15) is 0 Å². The number of ether oxygens (including phenoxy) is 8. The van der Waals surface area contributed by atoms with Gasteiger partial charge in [0.25, 0.3) is 0 Å². The van der Waals surface area contributed by atoms with E-state index in [0.717, 1.165) is 10.8 Å². The maximum Gasteiger partial charge on any atom is 0.161 e. The van der Waals surface area contributed by atoms with Gasteiger partial charge in [0.15, 0.2) is 11.5 Å². The van der Waals surface area contributed by atoms with E-state index in [0.29, 0.717) is 104 Å². The Morgan fingerprint density at radius 2 is 0.722 bits per heavy atom. The van der Waals surface area contributed by atoms with Gasteiger partial charge in [-0.1, -0.05) is 24.3 Å². The van der Waals surface area contributed by atoms with Crippen LogP contribution in [0.3, 0.4) is 0 Å². The van der Waals surface area contributed by atoms with Gasteiger partial charge in [0.05, 0.1) is 92.5 Å². The van der Waals surface area contributed by atoms with Crippen molar-refractivity contribution >= 4 is 10.8 Å². The van der Waals surface area contributed by atoms with E-state index in [1.165, 1.54) is 0 Å². The maximum atomic E-state index is 8.63. The molecule has 10 heteroatoms. The van der Waals surface area contributed by atoms with E-state index < -0.39 is 0 Å². The first kappa shape index (κ1) is 30.2. The van der Waals surface area contributed by atoms with E-state index >= 15 is 0 Å². The first-order chi connectivity index (χ1) is 17.8. The van der Waals surface area contributed by atoms with Crippen LogP contribution in [0.25, 0.3) is 10.8 Å². The monoisotopic (exact) mass is 512 g/mol. The standard InChI is InChI=1S/C26H40O10/c27-5-7-29-9-11-31-13-15-33-17-19-35-25-21-23-3-1-2-4-24(23)22-26(25)36-20-18-34-16-14-32-12-10-30-8-6-28/h1-4,21-22,27-28H,5-20H2. The van der Waals surface area contributed by atoms with E-state index in [-0.39, 0.29) is 13.2 Å². The SMILES string of the molecule is OCCOCCOCCOCCOc1cc2ccccc2cc1OCCOCCOCCOCCO. The normalized spacial score (nSPS) is 11.3. The van der Waals surface area contributed by atoms with Crippen LogP contribution in [0.1, 0.15) is 0 Å². The molecule has 0 aliphatic carbocycles. The van der Waals surface area contributed by atoms with Crippen molar-refractivity contribution in [3.8, 4) is 11.5 Å². The van der Waals surface area contributed by atoms with Gasteiger partial charge in [-0.05, 0) is 22.9 Å². The highest BCUT2D eigenvalue weighted by Crippen LogP contribution is 2.32. The maximum absolute atomic E-state index is 8.63. The lowest BCUT2D eigenvalue weighted by molar-refractivity contribution is 0.00240. The zero-order chi connectivity index (χ0) is 25.5. The van der Waals surface area contributed by atoms with Gasteiger partial charge in [0.2, 0.25) is 0 Å². The summed E-state index contributed by atoms with van der Waals surface area (Å²) < 4.78 is 44.0. The molecule has 0 saturated carbocycles. The van der Waals surface area contributed by atoms with Crippen LogP contribution in [0.4, 0.5) is 0 Å². The van der Waals surface area contributed by atoms with Crippen LogP contribution < -0.4 is 9.47 Å². The van der Waals surface area contributed by atoms with Crippen LogP contribution in [-0.4, -0.2) is 116 Å². The second kappa shape index (κ2) is 21.1. The number of fused-ring (bicyclic) bond motifs is 1. The van der Waals surface area contributed by atoms with Crippen LogP contribution in [0, 0.1) is 0 Å². The zero-order valence-corrected chi connectivity index (χ0v) is 20.9. The van der Waals surface area contributed by atoms with Gasteiger partial charge in [0.1, 0.15) is 13.2 Å². The average molecular weight is 513 g/mol. The lowest BCUT2D eigenvalue weighted by Crippen LogP contribution is -2.14. The Morgan fingerprint density at radius 1 is 0.417 bits per heavy atom. The van der Waals surface area contributed by atoms with Crippen molar-refractivity contribution in [3.63, 3.8) is 0 Å². The van der Waals surface area contributed by atoms with Crippen molar-refractivity contribution in [2.75, 3.05) is 106 Å². The molecule has 0 heterocycles. The minimum absolute atomic E-state index is 0.0144. The Balaban J connectivity index is 1.63. The highest BCUT2D eigenvalue weighted by atomic mass is 16.6. The molecule has 2 rings (SSSR count). The Labute approximate surface area is 212 Å². The lowest BCUT2D eigenvalue weighted by Gasteiger charge is -2.15. The highest BCUT2D eigenvalue weighted by Gasteiger charge is 2.08. The fourth-order valence-corrected chi connectivity index (χ4v) is 3.06. The van der Waals surface area contributed by atoms with Crippen molar-refractivity contribution in [3.05, 3.63) is 36.4 Å². The van der Waals surface area contributed by atoms with E-state index in [1.807, 2.05) is 36.4 Å². The molecule has 0 saturated heterocycles. The third-order valence-corrected chi connectivity index (χ3v) is 4.74. The quantitative estimate of drug-likeness (QED) is 0.201. The molecule has 2 N–H and O–H groups in total. The van der Waals surface area contributed by atoms with Gasteiger partial charge in [-0.25, -0.2) is 0 Å². The predicted octanol–water partition coefficient (Wildman–Crippen LogP) is 1.68. The van der Waals surface area contributed by atoms with Crippen LogP contribution in [0.5, 0.6) is 11.5 Å². The predicted molar refractivity (Wildman–Crippen MR) is 134 cm³/mol. The van der Waals surface area contributed by atoms with Crippen molar-refractivity contribution in [1.82, 2.24) is 0 Å². The van der Waals surface area contributed by atoms with Crippen LogP contribution in [0.2, 0.25) is 0 Å². The summed E-state index contributed by atoms with van der Waals surface area (Å²) in [5.74, 6) is 1.31. The third kappa shape index (κ3) is 13.9. The van der Waals surface area contributed by atoms with Crippen molar-refractivity contribution < 1.29 is 48.1 Å². The van der Waals surface area contributed by atoms with Crippen LogP contribution >= 0.6 is 0 Å². The summed E-state index contributed by atoms with van der Waals surface area (Å²) in [4.78, 5) is 0. The topological polar surface area (TPSA) is 114 Å². The smallest absolute Gasteiger partial charge is 0.161 e. The number of hydrogen-bond acceptors (Lipinski definition) is 10. The molecule has 0 atom stereocenters. The van der Waals surface area contributed by atoms with E-state index in [2.05, 4.69) is 0 Å². The van der Waals surface area contributed by atoms with Gasteiger partial charge in [0, 0.05) is 0 Å². The number of hydrogen-bond donors (Lipinski definition) is 2. The van der Waals surface area contributed by atoms with Gasteiger partial charge in [-0.3, -0.25) is 0 Å². The number of benzene rings is 2. The Bertz CT molecular complexity index is 724. The molecule has 0 aliphatic rings. The zero-order valence-electron chi connectivity index (χ0n) is 20.9. The molecule has 36 heavy (non-hydrogen) atoms. The molecule has 204 valence electrons. The first-order valence-corrected chi connectivity index (χ1v) is 12.3. The number of aliphatic hydroxyl groups is 2. The minimum atomic E-state index is 0.0144. The molecule has 0 aliphatic heterocycles. The molecule has 0 spiro atoms. The Morgan fingerprint density at radius 3 is 1.06 bits per heavy atom. The lowest BCUT2D eigenvalue weighted by atomic mass is 10.1. The fourth-order valence-electron chi connectivity index (χ4n) is 3.06. The first-order valence-electron chi connectivity index (χ1n) is 12.3. The molecule has 2 aromatic carbocycles.